The van der Waals surface area contributed by atoms with Crippen LogP contribution in [0.1, 0.15) is 26.7 Å². The predicted molar refractivity (Wildman–Crippen MR) is 57.4 cm³/mol. The zero-order chi connectivity index (χ0) is 11.5. The Morgan fingerprint density at radius 3 is 2.40 bits per heavy atom. The first kappa shape index (κ1) is 13.9. The average molecular weight is 216 g/mol. The fourth-order valence-corrected chi connectivity index (χ4v) is 1.04. The highest BCUT2D eigenvalue weighted by Crippen LogP contribution is 1.84. The lowest BCUT2D eigenvalue weighted by Crippen LogP contribution is -2.28. The molecule has 0 aliphatic carbocycles. The Bertz CT molecular complexity index is 175. The Hall–Kier alpha value is -1.10. The molecule has 0 saturated heterocycles. The minimum atomic E-state index is -0.206. The van der Waals surface area contributed by atoms with E-state index in [9.17, 15) is 9.59 Å². The molecule has 15 heavy (non-hydrogen) atoms. The molecule has 0 aromatic carbocycles. The number of rotatable bonds is 8. The van der Waals surface area contributed by atoms with Gasteiger partial charge in [-0.15, -0.1) is 0 Å². The number of nitrogens with one attached hydrogen (secondary N) is 2. The Kier molecular flexibility index (Phi) is 8.76. The van der Waals surface area contributed by atoms with Gasteiger partial charge in [0.1, 0.15) is 0 Å². The van der Waals surface area contributed by atoms with Crippen molar-refractivity contribution in [1.29, 1.82) is 0 Å². The second-order valence-electron chi connectivity index (χ2n) is 3.01. The average Bonchev–Trinajstić information content (AvgIpc) is 2.18. The van der Waals surface area contributed by atoms with Crippen molar-refractivity contribution in [2.45, 2.75) is 26.7 Å². The zero-order valence-corrected chi connectivity index (χ0v) is 9.47. The summed E-state index contributed by atoms with van der Waals surface area (Å²) in [4.78, 5) is 21.9. The lowest BCUT2D eigenvalue weighted by atomic mass is 10.3. The summed E-state index contributed by atoms with van der Waals surface area (Å²) in [7, 11) is 0. The van der Waals surface area contributed by atoms with E-state index >= 15 is 0 Å². The minimum absolute atomic E-state index is 0.0288. The Labute approximate surface area is 90.6 Å². The van der Waals surface area contributed by atoms with Gasteiger partial charge < -0.3 is 15.4 Å². The van der Waals surface area contributed by atoms with Gasteiger partial charge in [0, 0.05) is 26.1 Å². The molecule has 0 atom stereocenters. The molecule has 0 bridgehead atoms. The lowest BCUT2D eigenvalue weighted by molar-refractivity contribution is -0.142. The summed E-state index contributed by atoms with van der Waals surface area (Å²) in [5.74, 6) is -0.177. The molecule has 0 aromatic heterocycles. The standard InChI is InChI=1S/C10H20N2O3/c1-3-12-9(13)5-7-11-8-6-10(14)15-4-2/h11H,3-8H2,1-2H3,(H,12,13). The van der Waals surface area contributed by atoms with Gasteiger partial charge in [-0.1, -0.05) is 0 Å². The number of esters is 1. The van der Waals surface area contributed by atoms with E-state index in [-0.39, 0.29) is 11.9 Å². The van der Waals surface area contributed by atoms with E-state index < -0.39 is 0 Å². The molecule has 1 amide bonds. The highest BCUT2D eigenvalue weighted by molar-refractivity contribution is 5.75. The summed E-state index contributed by atoms with van der Waals surface area (Å²) >= 11 is 0. The van der Waals surface area contributed by atoms with Gasteiger partial charge in [0.15, 0.2) is 0 Å². The van der Waals surface area contributed by atoms with Crippen molar-refractivity contribution in [2.75, 3.05) is 26.2 Å². The topological polar surface area (TPSA) is 67.4 Å². The van der Waals surface area contributed by atoms with Crippen molar-refractivity contribution >= 4 is 11.9 Å². The van der Waals surface area contributed by atoms with Crippen LogP contribution < -0.4 is 10.6 Å². The van der Waals surface area contributed by atoms with Gasteiger partial charge in [-0.05, 0) is 13.8 Å². The molecule has 0 aromatic rings. The Balaban J connectivity index is 3.24. The molecule has 0 fully saturated rings. The van der Waals surface area contributed by atoms with Crippen LogP contribution in [0.2, 0.25) is 0 Å². The van der Waals surface area contributed by atoms with Gasteiger partial charge >= 0.3 is 5.97 Å². The monoisotopic (exact) mass is 216 g/mol. The SMILES string of the molecule is CCNC(=O)CCNCCC(=O)OCC. The molecule has 0 heterocycles. The molecular weight excluding hydrogens is 196 g/mol. The first-order valence-electron chi connectivity index (χ1n) is 5.33. The van der Waals surface area contributed by atoms with E-state index in [1.165, 1.54) is 0 Å². The van der Waals surface area contributed by atoms with Crippen molar-refractivity contribution in [3.8, 4) is 0 Å². The molecule has 0 spiro atoms. The zero-order valence-electron chi connectivity index (χ0n) is 9.47. The third-order valence-corrected chi connectivity index (χ3v) is 1.71. The molecule has 0 aliphatic rings. The maximum atomic E-state index is 11.0. The summed E-state index contributed by atoms with van der Waals surface area (Å²) in [6, 6.07) is 0. The smallest absolute Gasteiger partial charge is 0.307 e. The van der Waals surface area contributed by atoms with E-state index in [0.29, 0.717) is 39.1 Å². The maximum Gasteiger partial charge on any atom is 0.307 e. The molecule has 0 radical (unpaired) electrons. The van der Waals surface area contributed by atoms with Crippen molar-refractivity contribution in [1.82, 2.24) is 10.6 Å². The van der Waals surface area contributed by atoms with Gasteiger partial charge in [0.25, 0.3) is 0 Å². The van der Waals surface area contributed by atoms with Crippen LogP contribution in [-0.4, -0.2) is 38.1 Å². The molecule has 5 heteroatoms. The summed E-state index contributed by atoms with van der Waals surface area (Å²) in [6.07, 6.45) is 0.792. The molecule has 0 unspecified atom stereocenters. The van der Waals surface area contributed by atoms with Crippen LogP contribution in [0.4, 0.5) is 0 Å². The number of carbonyl (C=O) groups is 2. The van der Waals surface area contributed by atoms with Gasteiger partial charge in [0.05, 0.1) is 13.0 Å². The van der Waals surface area contributed by atoms with Crippen molar-refractivity contribution in [2.24, 2.45) is 0 Å². The number of amides is 1. The van der Waals surface area contributed by atoms with E-state index in [0.717, 1.165) is 0 Å². The van der Waals surface area contributed by atoms with Gasteiger partial charge in [-0.25, -0.2) is 0 Å². The van der Waals surface area contributed by atoms with E-state index in [1.54, 1.807) is 6.92 Å². The van der Waals surface area contributed by atoms with Gasteiger partial charge in [-0.3, -0.25) is 9.59 Å². The number of ether oxygens (including phenoxy) is 1. The molecule has 0 rings (SSSR count). The number of carbonyl (C=O) groups excluding carboxylic acids is 2. The summed E-state index contributed by atoms with van der Waals surface area (Å²) < 4.78 is 4.75. The summed E-state index contributed by atoms with van der Waals surface area (Å²) in [6.45, 7) is 5.87. The molecule has 0 saturated carbocycles. The van der Waals surface area contributed by atoms with Crippen LogP contribution >= 0.6 is 0 Å². The second kappa shape index (κ2) is 9.45. The van der Waals surface area contributed by atoms with Crippen LogP contribution in [0, 0.1) is 0 Å². The predicted octanol–water partition coefficient (Wildman–Crippen LogP) is 0.0554. The Morgan fingerprint density at radius 1 is 1.13 bits per heavy atom. The first-order valence-corrected chi connectivity index (χ1v) is 5.33. The van der Waals surface area contributed by atoms with Crippen molar-refractivity contribution in [3.05, 3.63) is 0 Å². The maximum absolute atomic E-state index is 11.0. The van der Waals surface area contributed by atoms with E-state index in [1.807, 2.05) is 6.92 Å². The second-order valence-corrected chi connectivity index (χ2v) is 3.01. The van der Waals surface area contributed by atoms with Crippen LogP contribution in [0.5, 0.6) is 0 Å². The Morgan fingerprint density at radius 2 is 1.80 bits per heavy atom. The molecule has 5 nitrogen and oxygen atoms in total. The fraction of sp³-hybridized carbons (Fsp3) is 0.800. The quantitative estimate of drug-likeness (QED) is 0.444. The third-order valence-electron chi connectivity index (χ3n) is 1.71. The molecular formula is C10H20N2O3. The summed E-state index contributed by atoms with van der Waals surface area (Å²) in [5, 5.41) is 5.70. The number of hydrogen-bond donors (Lipinski definition) is 2. The van der Waals surface area contributed by atoms with Crippen LogP contribution in [0.15, 0.2) is 0 Å². The summed E-state index contributed by atoms with van der Waals surface area (Å²) in [5.41, 5.74) is 0. The fourth-order valence-electron chi connectivity index (χ4n) is 1.04. The molecule has 88 valence electrons. The highest BCUT2D eigenvalue weighted by Gasteiger charge is 2.01. The van der Waals surface area contributed by atoms with Gasteiger partial charge in [0.2, 0.25) is 5.91 Å². The first-order chi connectivity index (χ1) is 7.20. The van der Waals surface area contributed by atoms with Crippen LogP contribution in [0.25, 0.3) is 0 Å². The van der Waals surface area contributed by atoms with Crippen LogP contribution in [0.3, 0.4) is 0 Å². The normalized spacial score (nSPS) is 9.73. The van der Waals surface area contributed by atoms with Gasteiger partial charge in [-0.2, -0.15) is 0 Å². The van der Waals surface area contributed by atoms with Crippen molar-refractivity contribution < 1.29 is 14.3 Å². The van der Waals surface area contributed by atoms with Crippen LogP contribution in [-0.2, 0) is 14.3 Å². The molecule has 2 N–H and O–H groups in total. The molecule has 0 aliphatic heterocycles. The van der Waals surface area contributed by atoms with E-state index in [2.05, 4.69) is 10.6 Å². The third kappa shape index (κ3) is 9.21. The minimum Gasteiger partial charge on any atom is -0.466 e. The lowest BCUT2D eigenvalue weighted by Gasteiger charge is -2.04. The number of hydrogen-bond acceptors (Lipinski definition) is 4. The van der Waals surface area contributed by atoms with E-state index in [4.69, 9.17) is 4.74 Å². The van der Waals surface area contributed by atoms with Crippen molar-refractivity contribution in [3.63, 3.8) is 0 Å². The largest absolute Gasteiger partial charge is 0.466 e. The highest BCUT2D eigenvalue weighted by atomic mass is 16.5.